The van der Waals surface area contributed by atoms with Gasteiger partial charge in [-0.15, -0.1) is 10.2 Å². The number of nitrogens with zero attached hydrogens (tertiary/aromatic N) is 5. The Balaban J connectivity index is 0.000000771. The summed E-state index contributed by atoms with van der Waals surface area (Å²) in [4.78, 5) is 26.0. The number of carbonyl (C=O) groups excluding carboxylic acids is 1. The highest BCUT2D eigenvalue weighted by molar-refractivity contribution is 5.98. The zero-order chi connectivity index (χ0) is 35.3. The smallest absolute Gasteiger partial charge is 0.308 e. The Morgan fingerprint density at radius 2 is 1.62 bits per heavy atom. The fourth-order valence-electron chi connectivity index (χ4n) is 5.04. The fraction of sp³-hybridized carbons (Fsp3) is 0.629. The summed E-state index contributed by atoms with van der Waals surface area (Å²) in [6, 6.07) is 5.73. The molecule has 3 aromatic rings. The molecule has 1 saturated heterocycles. The lowest BCUT2D eigenvalue weighted by Gasteiger charge is -2.33. The van der Waals surface area contributed by atoms with Crippen molar-refractivity contribution in [1.29, 1.82) is 5.41 Å². The lowest BCUT2D eigenvalue weighted by Crippen LogP contribution is -2.37. The quantitative estimate of drug-likeness (QED) is 0.258. The molecular weight excluding hydrogens is 600 g/mol. The average Bonchev–Trinajstić information content (AvgIpc) is 3.32. The molecule has 3 heterocycles. The van der Waals surface area contributed by atoms with E-state index >= 15 is 0 Å². The lowest BCUT2D eigenvalue weighted by atomic mass is 9.84. The number of Topliss-reactive ketones (excluding diaryl/α,β-unsaturated/α-hetero) is 1. The molecule has 0 aliphatic carbocycles. The van der Waals surface area contributed by atoms with Crippen LogP contribution in [0.2, 0.25) is 0 Å². The maximum absolute atomic E-state index is 13.8. The van der Waals surface area contributed by atoms with E-state index in [0.717, 1.165) is 48.5 Å². The summed E-state index contributed by atoms with van der Waals surface area (Å²) < 4.78 is 20.5. The van der Waals surface area contributed by atoms with E-state index in [1.54, 1.807) is 27.9 Å². The molecule has 1 aliphatic heterocycles. The van der Waals surface area contributed by atoms with Gasteiger partial charge in [0.15, 0.2) is 11.4 Å². The van der Waals surface area contributed by atoms with Crippen LogP contribution in [0.3, 0.4) is 0 Å². The third-order valence-electron chi connectivity index (χ3n) is 8.11. The Kier molecular flexibility index (Phi) is 12.2. The van der Waals surface area contributed by atoms with E-state index in [1.165, 1.54) is 9.20 Å². The van der Waals surface area contributed by atoms with Gasteiger partial charge in [0.05, 0.1) is 37.5 Å². The Hall–Kier alpha value is -3.93. The number of carbonyl (C=O) groups is 2. The van der Waals surface area contributed by atoms with Crippen LogP contribution in [-0.4, -0.2) is 75.8 Å². The average molecular weight is 655 g/mol. The van der Waals surface area contributed by atoms with Gasteiger partial charge in [0.1, 0.15) is 12.3 Å². The van der Waals surface area contributed by atoms with Gasteiger partial charge in [-0.3, -0.25) is 15.0 Å². The lowest BCUT2D eigenvalue weighted by molar-refractivity contribution is -0.145. The second kappa shape index (κ2) is 15.3. The molecule has 2 aromatic heterocycles. The number of ketones is 1. The number of rotatable bonds is 10. The first-order chi connectivity index (χ1) is 21.9. The van der Waals surface area contributed by atoms with Crippen molar-refractivity contribution in [2.45, 2.75) is 106 Å². The van der Waals surface area contributed by atoms with Crippen molar-refractivity contribution in [2.24, 2.45) is 5.41 Å². The number of carboxylic acid groups (broad SMARTS) is 1. The fourth-order valence-corrected chi connectivity index (χ4v) is 5.04. The first-order valence-electron chi connectivity index (χ1n) is 16.5. The Morgan fingerprint density at radius 3 is 2.11 bits per heavy atom. The highest BCUT2D eigenvalue weighted by atomic mass is 16.5. The number of ether oxygens (including phenoxy) is 3. The van der Waals surface area contributed by atoms with E-state index in [2.05, 4.69) is 63.6 Å². The Morgan fingerprint density at radius 1 is 1.02 bits per heavy atom. The molecule has 0 unspecified atom stereocenters. The van der Waals surface area contributed by atoms with Crippen molar-refractivity contribution in [1.82, 2.24) is 19.4 Å². The van der Waals surface area contributed by atoms with E-state index in [1.807, 2.05) is 18.2 Å². The summed E-state index contributed by atoms with van der Waals surface area (Å²) in [6.45, 7) is 22.2. The van der Waals surface area contributed by atoms with E-state index in [9.17, 15) is 9.59 Å². The standard InChI is InChI=1S/C30H44N6O4.C5H10O2/c1-9-21(10-2)40-26-17-22(19(3)4)28-33-35(29(31)36(28)32-26)18-25(37)20-15-23(30(5,6)7)27(38-8)24(16-20)34-11-13-39-14-12-34;1-5(2,3)4(6)7/h15-17,19,21,31H,9-14,18H2,1-8H3;1-3H3,(H,6,7). The number of morpholine rings is 1. The van der Waals surface area contributed by atoms with Crippen molar-refractivity contribution in [3.05, 3.63) is 40.5 Å². The van der Waals surface area contributed by atoms with Gasteiger partial charge in [-0.1, -0.05) is 48.5 Å². The molecule has 12 heteroatoms. The van der Waals surface area contributed by atoms with Crippen LogP contribution in [0.1, 0.15) is 109 Å². The molecule has 1 fully saturated rings. The SMILES string of the molecule is CC(C)(C)C(=O)O.CCC(CC)Oc1cc(C(C)C)c2nn(CC(=O)c3cc(N4CCOCC4)c(OC)c(C(C)(C)C)c3)c(=N)n2n1. The largest absolute Gasteiger partial charge is 0.494 e. The second-order valence-corrected chi connectivity index (χ2v) is 14.3. The molecule has 0 spiro atoms. The van der Waals surface area contributed by atoms with Gasteiger partial charge in [-0.25, -0.2) is 4.68 Å². The first-order valence-corrected chi connectivity index (χ1v) is 16.5. The van der Waals surface area contributed by atoms with Gasteiger partial charge in [0, 0.05) is 35.8 Å². The molecule has 12 nitrogen and oxygen atoms in total. The van der Waals surface area contributed by atoms with Crippen molar-refractivity contribution in [3.63, 3.8) is 0 Å². The van der Waals surface area contributed by atoms with Crippen LogP contribution in [0, 0.1) is 10.8 Å². The van der Waals surface area contributed by atoms with Gasteiger partial charge >= 0.3 is 5.97 Å². The molecule has 0 bridgehead atoms. The number of nitrogens with one attached hydrogen (secondary N) is 1. The second-order valence-electron chi connectivity index (χ2n) is 14.3. The summed E-state index contributed by atoms with van der Waals surface area (Å²) in [6.07, 6.45) is 1.78. The molecule has 4 rings (SSSR count). The zero-order valence-corrected chi connectivity index (χ0v) is 30.1. The summed E-state index contributed by atoms with van der Waals surface area (Å²) in [5, 5.41) is 26.3. The van der Waals surface area contributed by atoms with Gasteiger partial charge in [0.2, 0.25) is 11.5 Å². The maximum Gasteiger partial charge on any atom is 0.308 e. The normalized spacial score (nSPS) is 13.9. The van der Waals surface area contributed by atoms with Crippen LogP contribution in [0.5, 0.6) is 11.6 Å². The van der Waals surface area contributed by atoms with E-state index in [4.69, 9.17) is 24.7 Å². The van der Waals surface area contributed by atoms with Gasteiger partial charge in [-0.2, -0.15) is 4.52 Å². The number of aromatic nitrogens is 4. The Labute approximate surface area is 278 Å². The summed E-state index contributed by atoms with van der Waals surface area (Å²) in [5.74, 6) is 0.488. The molecule has 0 radical (unpaired) electrons. The summed E-state index contributed by atoms with van der Waals surface area (Å²) >= 11 is 0. The predicted molar refractivity (Wildman–Crippen MR) is 182 cm³/mol. The third-order valence-corrected chi connectivity index (χ3v) is 8.11. The van der Waals surface area contributed by atoms with Gasteiger partial charge in [-0.05, 0) is 57.1 Å². The van der Waals surface area contributed by atoms with Crippen LogP contribution in [0.4, 0.5) is 5.69 Å². The van der Waals surface area contributed by atoms with E-state index < -0.39 is 11.4 Å². The van der Waals surface area contributed by atoms with Crippen molar-refractivity contribution in [3.8, 4) is 11.6 Å². The summed E-state index contributed by atoms with van der Waals surface area (Å²) in [7, 11) is 1.68. The number of methoxy groups -OCH3 is 1. The highest BCUT2D eigenvalue weighted by Gasteiger charge is 2.28. The van der Waals surface area contributed by atoms with Crippen LogP contribution in [0.25, 0.3) is 5.65 Å². The van der Waals surface area contributed by atoms with Crippen LogP contribution >= 0.6 is 0 Å². The molecule has 47 heavy (non-hydrogen) atoms. The maximum atomic E-state index is 13.8. The van der Waals surface area contributed by atoms with Crippen LogP contribution < -0.4 is 20.0 Å². The number of anilines is 1. The number of hydrogen-bond donors (Lipinski definition) is 2. The first kappa shape index (κ1) is 37.5. The molecule has 0 atom stereocenters. The number of carboxylic acids is 1. The predicted octanol–water partition coefficient (Wildman–Crippen LogP) is 5.84. The number of benzene rings is 1. The van der Waals surface area contributed by atoms with Gasteiger partial charge in [0.25, 0.3) is 0 Å². The Bertz CT molecular complexity index is 1600. The van der Waals surface area contributed by atoms with Crippen molar-refractivity contribution >= 4 is 23.1 Å². The molecule has 2 N–H and O–H groups in total. The minimum absolute atomic E-state index is 0.0261. The molecule has 0 amide bonds. The third kappa shape index (κ3) is 9.12. The van der Waals surface area contributed by atoms with E-state index in [-0.39, 0.29) is 35.4 Å². The summed E-state index contributed by atoms with van der Waals surface area (Å²) in [5.41, 5.74) is 3.08. The minimum Gasteiger partial charge on any atom is -0.494 e. The highest BCUT2D eigenvalue weighted by Crippen LogP contribution is 2.40. The number of hydrogen-bond acceptors (Lipinski definition) is 9. The minimum atomic E-state index is -0.757. The van der Waals surface area contributed by atoms with Crippen LogP contribution in [0.15, 0.2) is 18.2 Å². The monoisotopic (exact) mass is 654 g/mol. The zero-order valence-electron chi connectivity index (χ0n) is 30.1. The van der Waals surface area contributed by atoms with Crippen LogP contribution in [-0.2, 0) is 21.5 Å². The molecule has 0 saturated carbocycles. The van der Waals surface area contributed by atoms with Gasteiger partial charge < -0.3 is 24.2 Å². The number of aliphatic carboxylic acids is 1. The van der Waals surface area contributed by atoms with Crippen molar-refractivity contribution in [2.75, 3.05) is 38.3 Å². The number of fused-ring (bicyclic) bond motifs is 1. The topological polar surface area (TPSA) is 144 Å². The molecule has 260 valence electrons. The molecular formula is C35H54N6O6. The molecule has 1 aliphatic rings. The van der Waals surface area contributed by atoms with Crippen molar-refractivity contribution < 1.29 is 28.9 Å². The molecule has 1 aromatic carbocycles. The van der Waals surface area contributed by atoms with E-state index in [0.29, 0.717) is 30.3 Å².